The molecule has 0 radical (unpaired) electrons. The monoisotopic (exact) mass is 299 g/mol. The van der Waals surface area contributed by atoms with Crippen LogP contribution in [-0.4, -0.2) is 25.4 Å². The molecule has 22 heavy (non-hydrogen) atoms. The minimum atomic E-state index is -0.363. The molecule has 0 atom stereocenters. The van der Waals surface area contributed by atoms with Gasteiger partial charge in [-0.05, 0) is 42.5 Å². The van der Waals surface area contributed by atoms with Crippen molar-refractivity contribution in [2.24, 2.45) is 0 Å². The lowest BCUT2D eigenvalue weighted by atomic mass is 10.1. The van der Waals surface area contributed by atoms with Crippen LogP contribution in [0.4, 0.5) is 21.5 Å². The van der Waals surface area contributed by atoms with E-state index >= 15 is 0 Å². The van der Waals surface area contributed by atoms with E-state index in [1.54, 1.807) is 18.2 Å². The topological polar surface area (TPSA) is 61.4 Å². The van der Waals surface area contributed by atoms with E-state index in [0.717, 1.165) is 5.69 Å². The molecule has 0 aromatic heterocycles. The first-order valence-corrected chi connectivity index (χ1v) is 6.75. The number of hydrogen-bond acceptors (Lipinski definition) is 3. The standard InChI is InChI=1S/C16H14FN3O2/c1-20-9-15(21)19-13-8-10(2-7-14(13)20)16(22)18-12-5-3-11(17)4-6-12/h2-8H,9H2,1H3,(H,18,22)(H,19,21). The number of carbonyl (C=O) groups is 2. The number of anilines is 3. The van der Waals surface area contributed by atoms with Gasteiger partial charge in [-0.1, -0.05) is 0 Å². The maximum absolute atomic E-state index is 12.9. The first kappa shape index (κ1) is 14.1. The second-order valence-electron chi connectivity index (χ2n) is 5.10. The fourth-order valence-corrected chi connectivity index (χ4v) is 2.34. The third-order valence-electron chi connectivity index (χ3n) is 3.43. The molecule has 6 heteroatoms. The van der Waals surface area contributed by atoms with Crippen LogP contribution in [0.3, 0.4) is 0 Å². The SMILES string of the molecule is CN1CC(=O)Nc2cc(C(=O)Nc3ccc(F)cc3)ccc21. The molecule has 2 aromatic carbocycles. The van der Waals surface area contributed by atoms with Crippen molar-refractivity contribution in [2.75, 3.05) is 29.1 Å². The molecule has 1 heterocycles. The normalized spacial score (nSPS) is 13.4. The Labute approximate surface area is 126 Å². The summed E-state index contributed by atoms with van der Waals surface area (Å²) < 4.78 is 12.9. The predicted octanol–water partition coefficient (Wildman–Crippen LogP) is 2.47. The molecule has 2 aromatic rings. The van der Waals surface area contributed by atoms with Crippen molar-refractivity contribution in [3.8, 4) is 0 Å². The molecule has 0 spiro atoms. The van der Waals surface area contributed by atoms with Gasteiger partial charge in [0, 0.05) is 18.3 Å². The minimum Gasteiger partial charge on any atom is -0.364 e. The van der Waals surface area contributed by atoms with Crippen molar-refractivity contribution in [3.05, 3.63) is 53.8 Å². The Morgan fingerprint density at radius 1 is 1.23 bits per heavy atom. The van der Waals surface area contributed by atoms with Crippen LogP contribution in [0.2, 0.25) is 0 Å². The van der Waals surface area contributed by atoms with Gasteiger partial charge in [0.05, 0.1) is 17.9 Å². The van der Waals surface area contributed by atoms with Crippen LogP contribution < -0.4 is 15.5 Å². The third-order valence-corrected chi connectivity index (χ3v) is 3.43. The highest BCUT2D eigenvalue weighted by atomic mass is 19.1. The summed E-state index contributed by atoms with van der Waals surface area (Å²) in [6, 6.07) is 10.6. The Balaban J connectivity index is 1.83. The number of rotatable bonds is 2. The molecule has 1 aliphatic rings. The van der Waals surface area contributed by atoms with Gasteiger partial charge in [-0.3, -0.25) is 9.59 Å². The fraction of sp³-hybridized carbons (Fsp3) is 0.125. The van der Waals surface area contributed by atoms with E-state index in [2.05, 4.69) is 10.6 Å². The summed E-state index contributed by atoms with van der Waals surface area (Å²) in [5, 5.41) is 5.43. The number of likely N-dealkylation sites (N-methyl/N-ethyl adjacent to an activating group) is 1. The van der Waals surface area contributed by atoms with Crippen molar-refractivity contribution in [3.63, 3.8) is 0 Å². The number of halogens is 1. The lowest BCUT2D eigenvalue weighted by Crippen LogP contribution is -2.35. The second-order valence-corrected chi connectivity index (χ2v) is 5.10. The average molecular weight is 299 g/mol. The molecule has 5 nitrogen and oxygen atoms in total. The molecule has 0 saturated heterocycles. The van der Waals surface area contributed by atoms with Crippen LogP contribution >= 0.6 is 0 Å². The molecule has 1 aliphatic heterocycles. The van der Waals surface area contributed by atoms with E-state index in [0.29, 0.717) is 16.9 Å². The fourth-order valence-electron chi connectivity index (χ4n) is 2.34. The van der Waals surface area contributed by atoms with Crippen LogP contribution in [0.1, 0.15) is 10.4 Å². The van der Waals surface area contributed by atoms with Gasteiger partial charge in [0.2, 0.25) is 5.91 Å². The third kappa shape index (κ3) is 2.76. The van der Waals surface area contributed by atoms with Crippen molar-refractivity contribution >= 4 is 28.9 Å². The number of hydrogen-bond donors (Lipinski definition) is 2. The Bertz CT molecular complexity index is 744. The summed E-state index contributed by atoms with van der Waals surface area (Å²) in [6.07, 6.45) is 0. The van der Waals surface area contributed by atoms with Gasteiger partial charge < -0.3 is 15.5 Å². The zero-order valence-electron chi connectivity index (χ0n) is 11.9. The Morgan fingerprint density at radius 3 is 2.68 bits per heavy atom. The number of fused-ring (bicyclic) bond motifs is 1. The second kappa shape index (κ2) is 5.48. The molecule has 0 unspecified atom stereocenters. The van der Waals surface area contributed by atoms with Crippen LogP contribution in [-0.2, 0) is 4.79 Å². The summed E-state index contributed by atoms with van der Waals surface area (Å²) in [7, 11) is 1.82. The highest BCUT2D eigenvalue weighted by Crippen LogP contribution is 2.29. The molecule has 0 fully saturated rings. The van der Waals surface area contributed by atoms with E-state index in [1.807, 2.05) is 11.9 Å². The highest BCUT2D eigenvalue weighted by Gasteiger charge is 2.20. The first-order valence-electron chi connectivity index (χ1n) is 6.75. The number of amides is 2. The van der Waals surface area contributed by atoms with Gasteiger partial charge >= 0.3 is 0 Å². The largest absolute Gasteiger partial charge is 0.364 e. The molecular formula is C16H14FN3O2. The van der Waals surface area contributed by atoms with Crippen molar-refractivity contribution in [2.45, 2.75) is 0 Å². The van der Waals surface area contributed by atoms with E-state index < -0.39 is 0 Å². The molecule has 3 rings (SSSR count). The lowest BCUT2D eigenvalue weighted by Gasteiger charge is -2.27. The van der Waals surface area contributed by atoms with Gasteiger partial charge in [0.15, 0.2) is 0 Å². The maximum atomic E-state index is 12.9. The van der Waals surface area contributed by atoms with E-state index in [9.17, 15) is 14.0 Å². The zero-order valence-corrected chi connectivity index (χ0v) is 11.9. The van der Waals surface area contributed by atoms with Gasteiger partial charge in [-0.25, -0.2) is 4.39 Å². The summed E-state index contributed by atoms with van der Waals surface area (Å²) in [5.74, 6) is -0.805. The molecule has 2 N–H and O–H groups in total. The predicted molar refractivity (Wildman–Crippen MR) is 82.7 cm³/mol. The smallest absolute Gasteiger partial charge is 0.255 e. The highest BCUT2D eigenvalue weighted by molar-refractivity contribution is 6.07. The minimum absolute atomic E-state index is 0.119. The number of nitrogens with one attached hydrogen (secondary N) is 2. The molecule has 0 saturated carbocycles. The number of nitrogens with zero attached hydrogens (tertiary/aromatic N) is 1. The summed E-state index contributed by atoms with van der Waals surface area (Å²) in [4.78, 5) is 25.6. The van der Waals surface area contributed by atoms with Gasteiger partial charge in [0.1, 0.15) is 5.82 Å². The molecular weight excluding hydrogens is 285 g/mol. The molecule has 0 aliphatic carbocycles. The van der Waals surface area contributed by atoms with Gasteiger partial charge in [-0.15, -0.1) is 0 Å². The Hall–Kier alpha value is -2.89. The van der Waals surface area contributed by atoms with Crippen LogP contribution in [0.25, 0.3) is 0 Å². The lowest BCUT2D eigenvalue weighted by molar-refractivity contribution is -0.115. The maximum Gasteiger partial charge on any atom is 0.255 e. The van der Waals surface area contributed by atoms with Crippen molar-refractivity contribution < 1.29 is 14.0 Å². The van der Waals surface area contributed by atoms with Crippen molar-refractivity contribution in [1.29, 1.82) is 0 Å². The van der Waals surface area contributed by atoms with E-state index in [-0.39, 0.29) is 24.2 Å². The average Bonchev–Trinajstić information content (AvgIpc) is 2.48. The summed E-state index contributed by atoms with van der Waals surface area (Å²) >= 11 is 0. The molecule has 112 valence electrons. The van der Waals surface area contributed by atoms with Crippen LogP contribution in [0, 0.1) is 5.82 Å². The summed E-state index contributed by atoms with van der Waals surface area (Å²) in [5.41, 5.74) is 2.38. The van der Waals surface area contributed by atoms with Gasteiger partial charge in [0.25, 0.3) is 5.91 Å². The Kier molecular flexibility index (Phi) is 3.50. The molecule has 0 bridgehead atoms. The van der Waals surface area contributed by atoms with Crippen LogP contribution in [0.5, 0.6) is 0 Å². The number of carbonyl (C=O) groups excluding carboxylic acids is 2. The number of benzene rings is 2. The molecule has 2 amide bonds. The van der Waals surface area contributed by atoms with E-state index in [4.69, 9.17) is 0 Å². The van der Waals surface area contributed by atoms with Gasteiger partial charge in [-0.2, -0.15) is 0 Å². The summed E-state index contributed by atoms with van der Waals surface area (Å²) in [6.45, 7) is 0.286. The zero-order chi connectivity index (χ0) is 15.7. The van der Waals surface area contributed by atoms with E-state index in [1.165, 1.54) is 24.3 Å². The quantitative estimate of drug-likeness (QED) is 0.895. The van der Waals surface area contributed by atoms with Crippen molar-refractivity contribution in [1.82, 2.24) is 0 Å². The first-order chi connectivity index (χ1) is 10.5. The van der Waals surface area contributed by atoms with Crippen LogP contribution in [0.15, 0.2) is 42.5 Å². The Morgan fingerprint density at radius 2 is 1.95 bits per heavy atom.